The van der Waals surface area contributed by atoms with E-state index in [0.29, 0.717) is 21.9 Å². The number of halogens is 1. The summed E-state index contributed by atoms with van der Waals surface area (Å²) in [5, 5.41) is 13.9. The van der Waals surface area contributed by atoms with E-state index < -0.39 is 5.97 Å². The Balaban J connectivity index is 2.35. The Morgan fingerprint density at radius 1 is 1.35 bits per heavy atom. The zero-order chi connectivity index (χ0) is 14.3. The molecule has 0 saturated heterocycles. The van der Waals surface area contributed by atoms with Crippen LogP contribution in [0.4, 0.5) is 0 Å². The lowest BCUT2D eigenvalue weighted by Crippen LogP contribution is -2.08. The number of fused-ring (bicyclic) bond motifs is 1. The maximum Gasteiger partial charge on any atom is 0.354 e. The molecule has 20 heavy (non-hydrogen) atoms. The second kappa shape index (κ2) is 4.61. The fourth-order valence-corrected chi connectivity index (χ4v) is 2.26. The summed E-state index contributed by atoms with van der Waals surface area (Å²) in [6, 6.07) is 8.66. The van der Waals surface area contributed by atoms with Gasteiger partial charge in [0.2, 0.25) is 0 Å². The standard InChI is InChI=1S/C14H10ClN3O2/c1-8-7-16-18-12(14(19)20)6-11(17-13(8)18)9-4-2-3-5-10(9)15/h2-7H,1H3,(H,19,20). The smallest absolute Gasteiger partial charge is 0.354 e. The molecule has 2 heterocycles. The van der Waals surface area contributed by atoms with Crippen LogP contribution in [-0.2, 0) is 0 Å². The second-order valence-electron chi connectivity index (χ2n) is 4.37. The third kappa shape index (κ3) is 1.92. The molecule has 0 aliphatic heterocycles. The van der Waals surface area contributed by atoms with Gasteiger partial charge in [0.15, 0.2) is 11.3 Å². The van der Waals surface area contributed by atoms with Crippen molar-refractivity contribution in [3.05, 3.63) is 52.8 Å². The molecule has 0 unspecified atom stereocenters. The van der Waals surface area contributed by atoms with Crippen LogP contribution in [0.15, 0.2) is 36.5 Å². The number of hydrogen-bond donors (Lipinski definition) is 1. The van der Waals surface area contributed by atoms with Gasteiger partial charge in [-0.05, 0) is 19.1 Å². The third-order valence-electron chi connectivity index (χ3n) is 3.02. The van der Waals surface area contributed by atoms with Crippen molar-refractivity contribution < 1.29 is 9.90 Å². The molecule has 0 radical (unpaired) electrons. The molecule has 0 amide bonds. The van der Waals surface area contributed by atoms with Crippen LogP contribution < -0.4 is 0 Å². The van der Waals surface area contributed by atoms with E-state index in [-0.39, 0.29) is 5.69 Å². The summed E-state index contributed by atoms with van der Waals surface area (Å²) in [5.74, 6) is -1.06. The monoisotopic (exact) mass is 287 g/mol. The summed E-state index contributed by atoms with van der Waals surface area (Å²) >= 11 is 6.15. The van der Waals surface area contributed by atoms with E-state index >= 15 is 0 Å². The molecule has 0 aliphatic rings. The number of rotatable bonds is 2. The number of nitrogens with zero attached hydrogens (tertiary/aromatic N) is 3. The van der Waals surface area contributed by atoms with Crippen molar-refractivity contribution in [2.75, 3.05) is 0 Å². The quantitative estimate of drug-likeness (QED) is 0.786. The van der Waals surface area contributed by atoms with Gasteiger partial charge in [-0.2, -0.15) is 5.10 Å². The first-order valence-corrected chi connectivity index (χ1v) is 6.29. The van der Waals surface area contributed by atoms with Crippen molar-refractivity contribution in [3.8, 4) is 11.3 Å². The zero-order valence-electron chi connectivity index (χ0n) is 10.5. The molecule has 0 aliphatic carbocycles. The van der Waals surface area contributed by atoms with Crippen LogP contribution in [0.25, 0.3) is 16.9 Å². The molecular weight excluding hydrogens is 278 g/mol. The first-order chi connectivity index (χ1) is 9.58. The van der Waals surface area contributed by atoms with Gasteiger partial charge >= 0.3 is 5.97 Å². The first kappa shape index (κ1) is 12.6. The molecule has 3 rings (SSSR count). The van der Waals surface area contributed by atoms with E-state index in [9.17, 15) is 9.90 Å². The lowest BCUT2D eigenvalue weighted by molar-refractivity contribution is 0.0687. The number of benzene rings is 1. The van der Waals surface area contributed by atoms with Gasteiger partial charge in [0.05, 0.1) is 11.9 Å². The highest BCUT2D eigenvalue weighted by Crippen LogP contribution is 2.27. The van der Waals surface area contributed by atoms with Crippen LogP contribution in [0.5, 0.6) is 0 Å². The summed E-state index contributed by atoms with van der Waals surface area (Å²) in [4.78, 5) is 15.8. The third-order valence-corrected chi connectivity index (χ3v) is 3.35. The first-order valence-electron chi connectivity index (χ1n) is 5.91. The van der Waals surface area contributed by atoms with Crippen LogP contribution >= 0.6 is 11.6 Å². The normalized spacial score (nSPS) is 10.9. The predicted octanol–water partition coefficient (Wildman–Crippen LogP) is 3.06. The number of carbonyl (C=O) groups is 1. The molecule has 0 saturated carbocycles. The number of aromatic carboxylic acids is 1. The maximum atomic E-state index is 11.4. The maximum absolute atomic E-state index is 11.4. The summed E-state index contributed by atoms with van der Waals surface area (Å²) < 4.78 is 1.32. The van der Waals surface area contributed by atoms with E-state index in [1.807, 2.05) is 19.1 Å². The SMILES string of the molecule is Cc1cnn2c(C(=O)O)cc(-c3ccccc3Cl)nc12. The molecule has 0 spiro atoms. The second-order valence-corrected chi connectivity index (χ2v) is 4.78. The van der Waals surface area contributed by atoms with Gasteiger partial charge in [-0.25, -0.2) is 14.3 Å². The average molecular weight is 288 g/mol. The van der Waals surface area contributed by atoms with Crippen LogP contribution in [0.3, 0.4) is 0 Å². The van der Waals surface area contributed by atoms with E-state index in [4.69, 9.17) is 11.6 Å². The minimum atomic E-state index is -1.06. The molecule has 1 N–H and O–H groups in total. The van der Waals surface area contributed by atoms with Crippen molar-refractivity contribution in [1.82, 2.24) is 14.6 Å². The Kier molecular flexibility index (Phi) is 2.91. The minimum Gasteiger partial charge on any atom is -0.477 e. The molecular formula is C14H10ClN3O2. The summed E-state index contributed by atoms with van der Waals surface area (Å²) in [6.45, 7) is 1.83. The Morgan fingerprint density at radius 2 is 2.10 bits per heavy atom. The Morgan fingerprint density at radius 3 is 2.80 bits per heavy atom. The summed E-state index contributed by atoms with van der Waals surface area (Å²) in [7, 11) is 0. The largest absolute Gasteiger partial charge is 0.477 e. The lowest BCUT2D eigenvalue weighted by Gasteiger charge is -2.07. The Labute approximate surface area is 119 Å². The van der Waals surface area contributed by atoms with E-state index in [0.717, 1.165) is 5.56 Å². The minimum absolute atomic E-state index is 0.0537. The van der Waals surface area contributed by atoms with Crippen molar-refractivity contribution in [2.24, 2.45) is 0 Å². The van der Waals surface area contributed by atoms with Gasteiger partial charge in [0.25, 0.3) is 0 Å². The van der Waals surface area contributed by atoms with Crippen LogP contribution in [-0.4, -0.2) is 25.7 Å². The number of carboxylic acid groups (broad SMARTS) is 1. The molecule has 6 heteroatoms. The highest BCUT2D eigenvalue weighted by Gasteiger charge is 2.16. The van der Waals surface area contributed by atoms with Gasteiger partial charge in [-0.3, -0.25) is 0 Å². The highest BCUT2D eigenvalue weighted by atomic mass is 35.5. The van der Waals surface area contributed by atoms with E-state index in [2.05, 4.69) is 10.1 Å². The number of carboxylic acids is 1. The zero-order valence-corrected chi connectivity index (χ0v) is 11.3. The number of aryl methyl sites for hydroxylation is 1. The highest BCUT2D eigenvalue weighted by molar-refractivity contribution is 6.33. The summed E-state index contributed by atoms with van der Waals surface area (Å²) in [6.07, 6.45) is 1.59. The molecule has 0 atom stereocenters. The molecule has 1 aromatic carbocycles. The van der Waals surface area contributed by atoms with Crippen LogP contribution in [0.1, 0.15) is 16.1 Å². The number of hydrogen-bond acceptors (Lipinski definition) is 3. The fourth-order valence-electron chi connectivity index (χ4n) is 2.03. The van der Waals surface area contributed by atoms with Gasteiger partial charge in [0, 0.05) is 16.1 Å². The van der Waals surface area contributed by atoms with Crippen molar-refractivity contribution >= 4 is 23.2 Å². The van der Waals surface area contributed by atoms with Gasteiger partial charge in [0.1, 0.15) is 0 Å². The topological polar surface area (TPSA) is 67.5 Å². The predicted molar refractivity (Wildman–Crippen MR) is 75.1 cm³/mol. The average Bonchev–Trinajstić information content (AvgIpc) is 2.80. The molecule has 3 aromatic rings. The lowest BCUT2D eigenvalue weighted by atomic mass is 10.1. The van der Waals surface area contributed by atoms with Crippen LogP contribution in [0, 0.1) is 6.92 Å². The van der Waals surface area contributed by atoms with Crippen LogP contribution in [0.2, 0.25) is 5.02 Å². The van der Waals surface area contributed by atoms with Gasteiger partial charge in [-0.15, -0.1) is 0 Å². The van der Waals surface area contributed by atoms with Crippen molar-refractivity contribution in [2.45, 2.75) is 6.92 Å². The number of aromatic nitrogens is 3. The molecule has 0 bridgehead atoms. The Bertz CT molecular complexity index is 826. The van der Waals surface area contributed by atoms with E-state index in [1.165, 1.54) is 10.6 Å². The molecule has 2 aromatic heterocycles. The molecule has 100 valence electrons. The molecule has 0 fully saturated rings. The summed E-state index contributed by atoms with van der Waals surface area (Å²) in [5.41, 5.74) is 2.59. The van der Waals surface area contributed by atoms with Gasteiger partial charge < -0.3 is 5.11 Å². The van der Waals surface area contributed by atoms with E-state index in [1.54, 1.807) is 18.3 Å². The van der Waals surface area contributed by atoms with Crippen molar-refractivity contribution in [3.63, 3.8) is 0 Å². The molecule has 5 nitrogen and oxygen atoms in total. The van der Waals surface area contributed by atoms with Crippen molar-refractivity contribution in [1.29, 1.82) is 0 Å². The van der Waals surface area contributed by atoms with Gasteiger partial charge in [-0.1, -0.05) is 29.8 Å². The fraction of sp³-hybridized carbons (Fsp3) is 0.0714. The Hall–Kier alpha value is -2.40.